The molecule has 2 heterocycles. The van der Waals surface area contributed by atoms with Gasteiger partial charge >= 0.3 is 0 Å². The zero-order chi connectivity index (χ0) is 15.8. The van der Waals surface area contributed by atoms with E-state index in [0.717, 1.165) is 51.9 Å². The lowest BCUT2D eigenvalue weighted by atomic mass is 10.0. The number of piperidine rings is 1. The monoisotopic (exact) mass is 310 g/mol. The van der Waals surface area contributed by atoms with Crippen LogP contribution in [-0.4, -0.2) is 62.4 Å². The Morgan fingerprint density at radius 1 is 1.32 bits per heavy atom. The number of allylic oxidation sites excluding steroid dienone is 1. The van der Waals surface area contributed by atoms with Gasteiger partial charge in [0.2, 0.25) is 5.91 Å². The number of nitrogens with zero attached hydrogens (tertiary/aromatic N) is 1. The maximum Gasteiger partial charge on any atom is 0.246 e. The summed E-state index contributed by atoms with van der Waals surface area (Å²) in [6.45, 7) is 8.88. The average Bonchev–Trinajstić information content (AvgIpc) is 3.00. The summed E-state index contributed by atoms with van der Waals surface area (Å²) in [6, 6.07) is 0.293. The molecule has 0 aromatic rings. The lowest BCUT2D eigenvalue weighted by Gasteiger charge is -2.31. The molecule has 1 atom stereocenters. The summed E-state index contributed by atoms with van der Waals surface area (Å²) >= 11 is 0. The van der Waals surface area contributed by atoms with E-state index in [2.05, 4.69) is 30.1 Å². The molecule has 2 aliphatic rings. The molecule has 5 nitrogen and oxygen atoms in total. The molecule has 0 spiro atoms. The van der Waals surface area contributed by atoms with E-state index in [1.54, 1.807) is 0 Å². The smallest absolute Gasteiger partial charge is 0.246 e. The highest BCUT2D eigenvalue weighted by Crippen LogP contribution is 2.12. The maximum atomic E-state index is 11.9. The van der Waals surface area contributed by atoms with Gasteiger partial charge in [-0.15, -0.1) is 0 Å². The van der Waals surface area contributed by atoms with Crippen LogP contribution in [0.15, 0.2) is 11.6 Å². The fourth-order valence-corrected chi connectivity index (χ4v) is 2.90. The van der Waals surface area contributed by atoms with Crippen molar-refractivity contribution in [2.24, 2.45) is 0 Å². The van der Waals surface area contributed by atoms with E-state index in [0.29, 0.717) is 12.6 Å². The molecule has 22 heavy (non-hydrogen) atoms. The number of hydrogen-bond acceptors (Lipinski definition) is 4. The molecule has 0 aliphatic carbocycles. The van der Waals surface area contributed by atoms with Crippen LogP contribution in [-0.2, 0) is 14.3 Å². The van der Waals surface area contributed by atoms with Gasteiger partial charge in [0.25, 0.3) is 0 Å². The molecule has 0 radical (unpaired) electrons. The van der Waals surface area contributed by atoms with Gasteiger partial charge in [0.05, 0.1) is 12.7 Å². The van der Waals surface area contributed by atoms with Crippen molar-refractivity contribution in [1.29, 1.82) is 0 Å². The van der Waals surface area contributed by atoms with E-state index in [4.69, 9.17) is 9.47 Å². The van der Waals surface area contributed by atoms with Crippen LogP contribution in [0.2, 0.25) is 0 Å². The summed E-state index contributed by atoms with van der Waals surface area (Å²) in [5.41, 5.74) is 1.36. The molecule has 2 saturated heterocycles. The molecule has 0 bridgehead atoms. The van der Waals surface area contributed by atoms with Gasteiger partial charge in [0.15, 0.2) is 0 Å². The molecular formula is C17H30N2O3. The van der Waals surface area contributed by atoms with Gasteiger partial charge in [-0.2, -0.15) is 0 Å². The molecule has 2 aliphatic heterocycles. The van der Waals surface area contributed by atoms with Crippen molar-refractivity contribution < 1.29 is 14.3 Å². The zero-order valence-electron chi connectivity index (χ0n) is 14.0. The molecule has 2 fully saturated rings. The van der Waals surface area contributed by atoms with Crippen LogP contribution >= 0.6 is 0 Å². The van der Waals surface area contributed by atoms with E-state index in [9.17, 15) is 4.79 Å². The third-order valence-electron chi connectivity index (χ3n) is 4.27. The minimum atomic E-state index is 0.000690. The van der Waals surface area contributed by atoms with Crippen LogP contribution in [0.1, 0.15) is 39.5 Å². The van der Waals surface area contributed by atoms with Crippen LogP contribution in [0.4, 0.5) is 0 Å². The molecular weight excluding hydrogens is 280 g/mol. The second-order valence-electron chi connectivity index (χ2n) is 6.57. The summed E-state index contributed by atoms with van der Waals surface area (Å²) in [7, 11) is 0. The largest absolute Gasteiger partial charge is 0.376 e. The van der Waals surface area contributed by atoms with Crippen LogP contribution in [0.25, 0.3) is 0 Å². The highest BCUT2D eigenvalue weighted by molar-refractivity contribution is 5.77. The first-order chi connectivity index (χ1) is 10.6. The Labute approximate surface area is 134 Å². The Morgan fingerprint density at radius 2 is 2.09 bits per heavy atom. The topological polar surface area (TPSA) is 50.8 Å². The number of hydrogen-bond donors (Lipinski definition) is 1. The Balaban J connectivity index is 1.55. The molecule has 1 amide bonds. The van der Waals surface area contributed by atoms with E-state index in [-0.39, 0.29) is 18.6 Å². The normalized spacial score (nSPS) is 23.5. The van der Waals surface area contributed by atoms with Crippen LogP contribution in [0, 0.1) is 0 Å². The van der Waals surface area contributed by atoms with Gasteiger partial charge < -0.3 is 14.8 Å². The van der Waals surface area contributed by atoms with Crippen LogP contribution in [0.3, 0.4) is 0 Å². The van der Waals surface area contributed by atoms with Gasteiger partial charge in [0, 0.05) is 32.3 Å². The first kappa shape index (κ1) is 17.4. The molecule has 5 heteroatoms. The molecule has 0 aromatic carbocycles. The molecule has 0 unspecified atom stereocenters. The fourth-order valence-electron chi connectivity index (χ4n) is 2.90. The Hall–Kier alpha value is -0.910. The van der Waals surface area contributed by atoms with Crippen LogP contribution < -0.4 is 5.32 Å². The second-order valence-corrected chi connectivity index (χ2v) is 6.57. The van der Waals surface area contributed by atoms with Gasteiger partial charge in [-0.25, -0.2) is 0 Å². The summed E-state index contributed by atoms with van der Waals surface area (Å²) in [5, 5.41) is 3.08. The van der Waals surface area contributed by atoms with Crippen molar-refractivity contribution in [3.8, 4) is 0 Å². The van der Waals surface area contributed by atoms with Crippen LogP contribution in [0.5, 0.6) is 0 Å². The first-order valence-corrected chi connectivity index (χ1v) is 8.48. The molecule has 126 valence electrons. The number of nitrogens with one attached hydrogen (secondary N) is 1. The summed E-state index contributed by atoms with van der Waals surface area (Å²) < 4.78 is 10.9. The quantitative estimate of drug-likeness (QED) is 0.728. The van der Waals surface area contributed by atoms with Gasteiger partial charge in [-0.05, 0) is 39.5 Å². The number of ether oxygens (including phenoxy) is 2. The standard InChI is InChI=1S/C17H30N2O3/c1-14(2)5-8-19-9-6-15(7-10-19)18-17(20)13-21-12-16-4-3-11-22-16/h5,15-16H,3-4,6-13H2,1-2H3,(H,18,20)/t16-/m1/s1. The number of rotatable bonds is 7. The van der Waals surface area contributed by atoms with E-state index >= 15 is 0 Å². The lowest BCUT2D eigenvalue weighted by molar-refractivity contribution is -0.127. The molecule has 2 rings (SSSR count). The van der Waals surface area contributed by atoms with Gasteiger partial charge in [-0.3, -0.25) is 9.69 Å². The van der Waals surface area contributed by atoms with Crippen molar-refractivity contribution in [3.05, 3.63) is 11.6 Å². The van der Waals surface area contributed by atoms with Gasteiger partial charge in [-0.1, -0.05) is 11.6 Å². The number of carbonyl (C=O) groups excluding carboxylic acids is 1. The minimum absolute atomic E-state index is 0.000690. The van der Waals surface area contributed by atoms with Crippen molar-refractivity contribution in [2.75, 3.05) is 39.5 Å². The SMILES string of the molecule is CC(C)=CCN1CCC(NC(=O)COC[C@H]2CCCO2)CC1. The van der Waals surface area contributed by atoms with Crippen molar-refractivity contribution in [1.82, 2.24) is 10.2 Å². The lowest BCUT2D eigenvalue weighted by Crippen LogP contribution is -2.45. The van der Waals surface area contributed by atoms with E-state index in [1.165, 1.54) is 5.57 Å². The first-order valence-electron chi connectivity index (χ1n) is 8.48. The maximum absolute atomic E-state index is 11.9. The third kappa shape index (κ3) is 6.46. The molecule has 0 aromatic heterocycles. The number of likely N-dealkylation sites (tertiary alicyclic amines) is 1. The zero-order valence-corrected chi connectivity index (χ0v) is 14.0. The number of carbonyl (C=O) groups is 1. The van der Waals surface area contributed by atoms with Crippen molar-refractivity contribution in [2.45, 2.75) is 51.7 Å². The third-order valence-corrected chi connectivity index (χ3v) is 4.27. The predicted octanol–water partition coefficient (Wildman–Crippen LogP) is 1.73. The van der Waals surface area contributed by atoms with Crippen molar-refractivity contribution in [3.63, 3.8) is 0 Å². The molecule has 0 saturated carbocycles. The summed E-state index contributed by atoms with van der Waals surface area (Å²) in [5.74, 6) is 0.000690. The second kappa shape index (κ2) is 9.28. The molecule has 1 N–H and O–H groups in total. The Bertz CT molecular complexity index is 366. The van der Waals surface area contributed by atoms with Gasteiger partial charge in [0.1, 0.15) is 6.61 Å². The summed E-state index contributed by atoms with van der Waals surface area (Å²) in [4.78, 5) is 14.3. The highest BCUT2D eigenvalue weighted by atomic mass is 16.5. The summed E-state index contributed by atoms with van der Waals surface area (Å²) in [6.07, 6.45) is 6.64. The average molecular weight is 310 g/mol. The predicted molar refractivity (Wildman–Crippen MR) is 86.8 cm³/mol. The Kier molecular flexibility index (Phi) is 7.36. The fraction of sp³-hybridized carbons (Fsp3) is 0.824. The Morgan fingerprint density at radius 3 is 2.73 bits per heavy atom. The van der Waals surface area contributed by atoms with E-state index in [1.807, 2.05) is 0 Å². The van der Waals surface area contributed by atoms with E-state index < -0.39 is 0 Å². The number of amides is 1. The minimum Gasteiger partial charge on any atom is -0.376 e. The highest BCUT2D eigenvalue weighted by Gasteiger charge is 2.20. The van der Waals surface area contributed by atoms with Crippen molar-refractivity contribution >= 4 is 5.91 Å².